The van der Waals surface area contributed by atoms with Crippen LogP contribution in [0, 0.1) is 13.8 Å². The molecule has 0 saturated heterocycles. The summed E-state index contributed by atoms with van der Waals surface area (Å²) in [4.78, 5) is 30.9. The number of aromatic amines is 1. The maximum absolute atomic E-state index is 12.8. The molecule has 1 aromatic heterocycles. The fraction of sp³-hybridized carbons (Fsp3) is 0.391. The molecule has 1 aliphatic rings. The second-order valence-corrected chi connectivity index (χ2v) is 7.47. The van der Waals surface area contributed by atoms with Crippen LogP contribution in [0.3, 0.4) is 0 Å². The van der Waals surface area contributed by atoms with Crippen molar-refractivity contribution >= 4 is 34.8 Å². The smallest absolute Gasteiger partial charge is 0.256 e. The number of aromatic nitrogens is 1. The minimum atomic E-state index is -0.143. The Kier molecular flexibility index (Phi) is 6.62. The number of hydrogen-bond donors (Lipinski definition) is 4. The molecule has 0 saturated carbocycles. The third kappa shape index (κ3) is 4.26. The van der Waals surface area contributed by atoms with Crippen molar-refractivity contribution in [2.45, 2.75) is 27.7 Å². The largest absolute Gasteiger partial charge is 0.388 e. The molecule has 4 N–H and O–H groups in total. The molecule has 160 valence electrons. The first-order valence-corrected chi connectivity index (χ1v) is 10.4. The molecule has 2 amide bonds. The number of fused-ring (bicyclic) bond motifs is 1. The number of aryl methyl sites for hydroxylation is 1. The SMILES string of the molecule is CCN(CC)CCNC(=O)c1c(C)[nH]c(/C=C2\C(=O)Nc3ccc(NC)cc32)c1C. The van der Waals surface area contributed by atoms with Crippen molar-refractivity contribution in [1.29, 1.82) is 0 Å². The minimum Gasteiger partial charge on any atom is -0.388 e. The molecule has 0 bridgehead atoms. The van der Waals surface area contributed by atoms with Crippen LogP contribution in [0.5, 0.6) is 0 Å². The fourth-order valence-electron chi connectivity index (χ4n) is 3.85. The van der Waals surface area contributed by atoms with Crippen molar-refractivity contribution in [3.05, 3.63) is 46.3 Å². The van der Waals surface area contributed by atoms with Crippen LogP contribution in [0.15, 0.2) is 18.2 Å². The van der Waals surface area contributed by atoms with Gasteiger partial charge in [0.2, 0.25) is 0 Å². The van der Waals surface area contributed by atoms with Gasteiger partial charge >= 0.3 is 0 Å². The summed E-state index contributed by atoms with van der Waals surface area (Å²) in [6, 6.07) is 5.76. The van der Waals surface area contributed by atoms with Crippen molar-refractivity contribution in [1.82, 2.24) is 15.2 Å². The maximum Gasteiger partial charge on any atom is 0.256 e. The molecule has 0 aliphatic carbocycles. The lowest BCUT2D eigenvalue weighted by Gasteiger charge is -2.18. The molecule has 7 nitrogen and oxygen atoms in total. The number of likely N-dealkylation sites (N-methyl/N-ethyl adjacent to an activating group) is 1. The van der Waals surface area contributed by atoms with E-state index in [2.05, 4.69) is 39.7 Å². The molecule has 0 atom stereocenters. The number of hydrogen-bond acceptors (Lipinski definition) is 4. The van der Waals surface area contributed by atoms with E-state index in [0.717, 1.165) is 53.5 Å². The Balaban J connectivity index is 1.84. The molecule has 0 unspecified atom stereocenters. The van der Waals surface area contributed by atoms with E-state index in [9.17, 15) is 9.59 Å². The summed E-state index contributed by atoms with van der Waals surface area (Å²) in [5.41, 5.74) is 6.21. The van der Waals surface area contributed by atoms with Crippen LogP contribution in [0.1, 0.15) is 46.7 Å². The van der Waals surface area contributed by atoms with Gasteiger partial charge in [-0.2, -0.15) is 0 Å². The number of rotatable bonds is 8. The zero-order chi connectivity index (χ0) is 21.8. The number of amides is 2. The van der Waals surface area contributed by atoms with Gasteiger partial charge in [0, 0.05) is 48.5 Å². The second-order valence-electron chi connectivity index (χ2n) is 7.47. The van der Waals surface area contributed by atoms with Crippen molar-refractivity contribution in [2.75, 3.05) is 43.9 Å². The zero-order valence-corrected chi connectivity index (χ0v) is 18.4. The minimum absolute atomic E-state index is 0.0909. The molecular formula is C23H31N5O2. The molecule has 7 heteroatoms. The number of nitrogens with one attached hydrogen (secondary N) is 4. The highest BCUT2D eigenvalue weighted by molar-refractivity contribution is 6.35. The van der Waals surface area contributed by atoms with Gasteiger partial charge < -0.3 is 25.8 Å². The predicted molar refractivity (Wildman–Crippen MR) is 123 cm³/mol. The Hall–Kier alpha value is -3.06. The van der Waals surface area contributed by atoms with Crippen molar-refractivity contribution < 1.29 is 9.59 Å². The van der Waals surface area contributed by atoms with Gasteiger partial charge in [-0.25, -0.2) is 0 Å². The Morgan fingerprint density at radius 3 is 2.60 bits per heavy atom. The van der Waals surface area contributed by atoms with Gasteiger partial charge in [0.15, 0.2) is 0 Å². The third-order valence-electron chi connectivity index (χ3n) is 5.69. The summed E-state index contributed by atoms with van der Waals surface area (Å²) in [6.45, 7) is 11.4. The van der Waals surface area contributed by atoms with E-state index in [4.69, 9.17) is 0 Å². The van der Waals surface area contributed by atoms with Crippen LogP contribution in [0.2, 0.25) is 0 Å². The molecule has 0 spiro atoms. The number of H-pyrrole nitrogens is 1. The first kappa shape index (κ1) is 21.6. The Labute approximate surface area is 177 Å². The highest BCUT2D eigenvalue weighted by Crippen LogP contribution is 2.35. The number of carbonyl (C=O) groups excluding carboxylic acids is 2. The summed E-state index contributed by atoms with van der Waals surface area (Å²) in [6.07, 6.45) is 1.83. The lowest BCUT2D eigenvalue weighted by Crippen LogP contribution is -2.35. The van der Waals surface area contributed by atoms with Crippen LogP contribution >= 0.6 is 0 Å². The van der Waals surface area contributed by atoms with E-state index < -0.39 is 0 Å². The van der Waals surface area contributed by atoms with Gasteiger partial charge in [0.05, 0.1) is 11.1 Å². The molecule has 30 heavy (non-hydrogen) atoms. The summed E-state index contributed by atoms with van der Waals surface area (Å²) in [5, 5.41) is 9.02. The molecule has 3 rings (SSSR count). The van der Waals surface area contributed by atoms with Gasteiger partial charge in [-0.05, 0) is 56.8 Å². The summed E-state index contributed by atoms with van der Waals surface area (Å²) in [5.74, 6) is -0.234. The number of benzene rings is 1. The maximum atomic E-state index is 12.8. The fourth-order valence-corrected chi connectivity index (χ4v) is 3.85. The average Bonchev–Trinajstić information content (AvgIpc) is 3.20. The van der Waals surface area contributed by atoms with Gasteiger partial charge in [-0.15, -0.1) is 0 Å². The van der Waals surface area contributed by atoms with E-state index in [1.165, 1.54) is 0 Å². The molecule has 0 fully saturated rings. The number of anilines is 2. The van der Waals surface area contributed by atoms with Crippen molar-refractivity contribution in [3.63, 3.8) is 0 Å². The van der Waals surface area contributed by atoms with Gasteiger partial charge in [-0.3, -0.25) is 9.59 Å². The normalized spacial score (nSPS) is 14.2. The second kappa shape index (κ2) is 9.17. The molecule has 1 aromatic carbocycles. The van der Waals surface area contributed by atoms with Crippen LogP contribution in [-0.2, 0) is 4.79 Å². The zero-order valence-electron chi connectivity index (χ0n) is 18.4. The highest BCUT2D eigenvalue weighted by atomic mass is 16.2. The van der Waals surface area contributed by atoms with Gasteiger partial charge in [0.1, 0.15) is 0 Å². The van der Waals surface area contributed by atoms with Crippen LogP contribution in [0.25, 0.3) is 11.6 Å². The van der Waals surface area contributed by atoms with Crippen LogP contribution in [0.4, 0.5) is 11.4 Å². The molecule has 1 aliphatic heterocycles. The topological polar surface area (TPSA) is 89.3 Å². The molecule has 2 aromatic rings. The average molecular weight is 410 g/mol. The lowest BCUT2D eigenvalue weighted by atomic mass is 10.0. The quantitative estimate of drug-likeness (QED) is 0.504. The van der Waals surface area contributed by atoms with Crippen molar-refractivity contribution in [2.24, 2.45) is 0 Å². The lowest BCUT2D eigenvalue weighted by molar-refractivity contribution is -0.110. The van der Waals surface area contributed by atoms with E-state index in [1.807, 2.05) is 45.2 Å². The third-order valence-corrected chi connectivity index (χ3v) is 5.69. The van der Waals surface area contributed by atoms with E-state index in [1.54, 1.807) is 0 Å². The molecule has 0 radical (unpaired) electrons. The Morgan fingerprint density at radius 2 is 1.93 bits per heavy atom. The van der Waals surface area contributed by atoms with Gasteiger partial charge in [-0.1, -0.05) is 13.8 Å². The Bertz CT molecular complexity index is 986. The standard InChI is InChI=1S/C23H31N5O2/c1-6-28(7-2)11-10-25-23(30)21-14(3)20(26-15(21)4)13-18-17-12-16(24-5)8-9-19(17)27-22(18)29/h8-9,12-13,24,26H,6-7,10-11H2,1-5H3,(H,25,30)(H,27,29)/b18-13-. The van der Waals surface area contributed by atoms with E-state index in [0.29, 0.717) is 17.7 Å². The predicted octanol–water partition coefficient (Wildman–Crippen LogP) is 3.24. The summed E-state index contributed by atoms with van der Waals surface area (Å²) >= 11 is 0. The summed E-state index contributed by atoms with van der Waals surface area (Å²) < 4.78 is 0. The first-order valence-electron chi connectivity index (χ1n) is 10.4. The molecule has 2 heterocycles. The van der Waals surface area contributed by atoms with Crippen LogP contribution in [-0.4, -0.2) is 54.9 Å². The number of nitrogens with zero attached hydrogens (tertiary/aromatic N) is 1. The Morgan fingerprint density at radius 1 is 1.20 bits per heavy atom. The monoisotopic (exact) mass is 409 g/mol. The van der Waals surface area contributed by atoms with Crippen molar-refractivity contribution in [3.8, 4) is 0 Å². The number of carbonyl (C=O) groups is 2. The molecular weight excluding hydrogens is 378 g/mol. The first-order chi connectivity index (χ1) is 14.4. The van der Waals surface area contributed by atoms with E-state index >= 15 is 0 Å². The van der Waals surface area contributed by atoms with E-state index in [-0.39, 0.29) is 11.8 Å². The summed E-state index contributed by atoms with van der Waals surface area (Å²) in [7, 11) is 1.85. The van der Waals surface area contributed by atoms with Gasteiger partial charge in [0.25, 0.3) is 11.8 Å². The highest BCUT2D eigenvalue weighted by Gasteiger charge is 2.26. The van der Waals surface area contributed by atoms with Crippen LogP contribution < -0.4 is 16.0 Å².